The summed E-state index contributed by atoms with van der Waals surface area (Å²) in [4.78, 5) is 11.7. The lowest BCUT2D eigenvalue weighted by molar-refractivity contribution is -0.118. The highest BCUT2D eigenvalue weighted by Gasteiger charge is 2.28. The number of carbonyl (C=O) groups excluding carboxylic acids is 1. The van der Waals surface area contributed by atoms with Gasteiger partial charge in [-0.1, -0.05) is 29.8 Å². The summed E-state index contributed by atoms with van der Waals surface area (Å²) < 4.78 is 0. The van der Waals surface area contributed by atoms with Crippen LogP contribution in [0.2, 0.25) is 0 Å². The molecule has 0 saturated heterocycles. The third-order valence-electron chi connectivity index (χ3n) is 3.35. The van der Waals surface area contributed by atoms with Gasteiger partial charge in [-0.2, -0.15) is 0 Å². The van der Waals surface area contributed by atoms with Gasteiger partial charge in [0.25, 0.3) is 0 Å². The number of aryl methyl sites for hydroxylation is 1. The first-order valence-corrected chi connectivity index (χ1v) is 7.96. The molecule has 1 unspecified atom stereocenters. The molecule has 19 heavy (non-hydrogen) atoms. The number of hydrogen-bond donors (Lipinski definition) is 2. The van der Waals surface area contributed by atoms with Crippen LogP contribution in [-0.2, 0) is 10.5 Å². The molecule has 0 radical (unpaired) electrons. The van der Waals surface area contributed by atoms with Crippen LogP contribution in [0, 0.1) is 12.8 Å². The standard InChI is InChI=1S/C15H22N2OS/c1-11-3-2-4-12(7-11)9-19-10-15(18)17-8-14(16)13-5-6-13/h2-4,7,13-14H,5-6,8-10,16H2,1H3,(H,17,18). The number of rotatable bonds is 7. The maximum Gasteiger partial charge on any atom is 0.230 e. The Morgan fingerprint density at radius 2 is 2.32 bits per heavy atom. The van der Waals surface area contributed by atoms with Crippen molar-refractivity contribution >= 4 is 17.7 Å². The molecule has 0 heterocycles. The Labute approximate surface area is 119 Å². The third kappa shape index (κ3) is 5.25. The number of nitrogens with one attached hydrogen (secondary N) is 1. The zero-order valence-corrected chi connectivity index (χ0v) is 12.2. The summed E-state index contributed by atoms with van der Waals surface area (Å²) >= 11 is 1.65. The second-order valence-corrected chi connectivity index (χ2v) is 6.27. The first-order valence-electron chi connectivity index (χ1n) is 6.80. The first-order chi connectivity index (χ1) is 9.15. The Hall–Kier alpha value is -1.00. The lowest BCUT2D eigenvalue weighted by Crippen LogP contribution is -2.39. The molecule has 0 aliphatic heterocycles. The van der Waals surface area contributed by atoms with Crippen LogP contribution >= 0.6 is 11.8 Å². The molecule has 1 atom stereocenters. The van der Waals surface area contributed by atoms with Crippen molar-refractivity contribution in [1.82, 2.24) is 5.32 Å². The molecule has 3 nitrogen and oxygen atoms in total. The van der Waals surface area contributed by atoms with Crippen LogP contribution in [0.4, 0.5) is 0 Å². The molecule has 1 saturated carbocycles. The topological polar surface area (TPSA) is 55.1 Å². The van der Waals surface area contributed by atoms with Crippen molar-refractivity contribution in [1.29, 1.82) is 0 Å². The minimum Gasteiger partial charge on any atom is -0.354 e. The molecule has 1 fully saturated rings. The molecule has 1 amide bonds. The summed E-state index contributed by atoms with van der Waals surface area (Å²) in [6.07, 6.45) is 2.44. The molecule has 3 N–H and O–H groups in total. The van der Waals surface area contributed by atoms with Crippen molar-refractivity contribution < 1.29 is 4.79 Å². The monoisotopic (exact) mass is 278 g/mol. The average Bonchev–Trinajstić information content (AvgIpc) is 3.20. The van der Waals surface area contributed by atoms with E-state index in [-0.39, 0.29) is 11.9 Å². The molecule has 1 aromatic carbocycles. The molecule has 1 aromatic rings. The van der Waals surface area contributed by atoms with E-state index in [0.717, 1.165) is 5.75 Å². The quantitative estimate of drug-likeness (QED) is 0.803. The van der Waals surface area contributed by atoms with Gasteiger partial charge in [-0.05, 0) is 31.2 Å². The van der Waals surface area contributed by atoms with Gasteiger partial charge in [0.2, 0.25) is 5.91 Å². The normalized spacial score (nSPS) is 16.1. The minimum atomic E-state index is 0.0914. The number of thioether (sulfide) groups is 1. The predicted molar refractivity (Wildman–Crippen MR) is 81.1 cm³/mol. The Morgan fingerprint density at radius 3 is 3.00 bits per heavy atom. The summed E-state index contributed by atoms with van der Waals surface area (Å²) in [5.41, 5.74) is 8.47. The summed E-state index contributed by atoms with van der Waals surface area (Å²) in [5.74, 6) is 2.11. The SMILES string of the molecule is Cc1cccc(CSCC(=O)NCC(N)C2CC2)c1. The van der Waals surface area contributed by atoms with E-state index < -0.39 is 0 Å². The van der Waals surface area contributed by atoms with Crippen LogP contribution in [0.15, 0.2) is 24.3 Å². The van der Waals surface area contributed by atoms with Gasteiger partial charge in [0.15, 0.2) is 0 Å². The smallest absolute Gasteiger partial charge is 0.230 e. The fourth-order valence-electron chi connectivity index (χ4n) is 2.04. The third-order valence-corrected chi connectivity index (χ3v) is 4.35. The van der Waals surface area contributed by atoms with Crippen LogP contribution in [0.1, 0.15) is 24.0 Å². The summed E-state index contributed by atoms with van der Waals surface area (Å²) in [6, 6.07) is 8.54. The number of hydrogen-bond acceptors (Lipinski definition) is 3. The summed E-state index contributed by atoms with van der Waals surface area (Å²) in [7, 11) is 0. The van der Waals surface area contributed by atoms with Crippen LogP contribution in [0.5, 0.6) is 0 Å². The summed E-state index contributed by atoms with van der Waals surface area (Å²) in [5, 5.41) is 2.92. The maximum atomic E-state index is 11.7. The molecule has 1 aliphatic carbocycles. The van der Waals surface area contributed by atoms with Crippen LogP contribution in [0.25, 0.3) is 0 Å². The highest BCUT2D eigenvalue weighted by atomic mass is 32.2. The lowest BCUT2D eigenvalue weighted by Gasteiger charge is -2.11. The van der Waals surface area contributed by atoms with Gasteiger partial charge in [-0.25, -0.2) is 0 Å². The van der Waals surface area contributed by atoms with E-state index in [0.29, 0.717) is 18.2 Å². The molecular formula is C15H22N2OS. The van der Waals surface area contributed by atoms with Crippen molar-refractivity contribution in [3.05, 3.63) is 35.4 Å². The average molecular weight is 278 g/mol. The molecular weight excluding hydrogens is 256 g/mol. The Kier molecular flexibility index (Phi) is 5.28. The van der Waals surface area contributed by atoms with Gasteiger partial charge >= 0.3 is 0 Å². The van der Waals surface area contributed by atoms with Crippen LogP contribution in [0.3, 0.4) is 0 Å². The predicted octanol–water partition coefficient (Wildman–Crippen LogP) is 2.08. The molecule has 4 heteroatoms. The van der Waals surface area contributed by atoms with E-state index in [4.69, 9.17) is 5.73 Å². The minimum absolute atomic E-state index is 0.0914. The van der Waals surface area contributed by atoms with Gasteiger partial charge in [0.1, 0.15) is 0 Å². The Morgan fingerprint density at radius 1 is 1.53 bits per heavy atom. The van der Waals surface area contributed by atoms with E-state index in [1.165, 1.54) is 24.0 Å². The van der Waals surface area contributed by atoms with E-state index >= 15 is 0 Å². The Balaban J connectivity index is 1.60. The highest BCUT2D eigenvalue weighted by Crippen LogP contribution is 2.31. The van der Waals surface area contributed by atoms with E-state index in [2.05, 4.69) is 36.5 Å². The summed E-state index contributed by atoms with van der Waals surface area (Å²) in [6.45, 7) is 2.70. The van der Waals surface area contributed by atoms with E-state index in [9.17, 15) is 4.79 Å². The fraction of sp³-hybridized carbons (Fsp3) is 0.533. The second kappa shape index (κ2) is 6.96. The molecule has 0 aromatic heterocycles. The molecule has 1 aliphatic rings. The van der Waals surface area contributed by atoms with E-state index in [1.807, 2.05) is 0 Å². The van der Waals surface area contributed by atoms with Crippen molar-refractivity contribution in [3.8, 4) is 0 Å². The molecule has 104 valence electrons. The molecule has 2 rings (SSSR count). The second-order valence-electron chi connectivity index (χ2n) is 5.29. The van der Waals surface area contributed by atoms with Crippen molar-refractivity contribution in [2.45, 2.75) is 31.6 Å². The highest BCUT2D eigenvalue weighted by molar-refractivity contribution is 7.99. The maximum absolute atomic E-state index is 11.7. The fourth-order valence-corrected chi connectivity index (χ4v) is 2.84. The van der Waals surface area contributed by atoms with Gasteiger partial charge in [-0.3, -0.25) is 4.79 Å². The van der Waals surface area contributed by atoms with Gasteiger partial charge in [0, 0.05) is 18.3 Å². The largest absolute Gasteiger partial charge is 0.354 e. The molecule has 0 bridgehead atoms. The number of benzene rings is 1. The number of carbonyl (C=O) groups is 1. The van der Waals surface area contributed by atoms with Crippen LogP contribution < -0.4 is 11.1 Å². The van der Waals surface area contributed by atoms with Gasteiger partial charge in [-0.15, -0.1) is 11.8 Å². The lowest BCUT2D eigenvalue weighted by atomic mass is 10.2. The van der Waals surface area contributed by atoms with E-state index in [1.54, 1.807) is 11.8 Å². The first kappa shape index (κ1) is 14.4. The zero-order valence-electron chi connectivity index (χ0n) is 11.4. The number of nitrogens with two attached hydrogens (primary N) is 1. The van der Waals surface area contributed by atoms with Crippen molar-refractivity contribution in [3.63, 3.8) is 0 Å². The zero-order chi connectivity index (χ0) is 13.7. The molecule has 0 spiro atoms. The van der Waals surface area contributed by atoms with Gasteiger partial charge < -0.3 is 11.1 Å². The van der Waals surface area contributed by atoms with Crippen LogP contribution in [-0.4, -0.2) is 24.2 Å². The van der Waals surface area contributed by atoms with Crippen molar-refractivity contribution in [2.75, 3.05) is 12.3 Å². The Bertz CT molecular complexity index is 432. The van der Waals surface area contributed by atoms with Crippen molar-refractivity contribution in [2.24, 2.45) is 11.7 Å². The van der Waals surface area contributed by atoms with Gasteiger partial charge in [0.05, 0.1) is 5.75 Å². The number of amides is 1.